The molecule has 0 amide bonds. The minimum Gasteiger partial charge on any atom is -0.309 e. The van der Waals surface area contributed by atoms with Gasteiger partial charge in [-0.2, -0.15) is 16.9 Å². The Balaban J connectivity index is 1.83. The molecule has 1 saturated carbocycles. The molecule has 0 aliphatic heterocycles. The van der Waals surface area contributed by atoms with E-state index in [0.29, 0.717) is 6.04 Å². The molecule has 0 bridgehead atoms. The molecule has 0 unspecified atom stereocenters. The van der Waals surface area contributed by atoms with E-state index in [4.69, 9.17) is 0 Å². The predicted molar refractivity (Wildman–Crippen MR) is 74.2 cm³/mol. The Bertz CT molecular complexity index is 335. The summed E-state index contributed by atoms with van der Waals surface area (Å²) in [5.74, 6) is 1.23. The Kier molecular flexibility index (Phi) is 4.92. The van der Waals surface area contributed by atoms with Crippen LogP contribution in [0, 0.1) is 0 Å². The lowest BCUT2D eigenvalue weighted by molar-refractivity contribution is 0.383. The molecule has 1 aliphatic rings. The maximum absolute atomic E-state index is 4.21. The second kappa shape index (κ2) is 6.45. The lowest BCUT2D eigenvalue weighted by atomic mass is 9.95. The molecule has 0 radical (unpaired) electrons. The van der Waals surface area contributed by atoms with E-state index in [-0.39, 0.29) is 0 Å². The van der Waals surface area contributed by atoms with Crippen LogP contribution in [0.1, 0.15) is 38.2 Å². The molecule has 1 aliphatic carbocycles. The maximum Gasteiger partial charge on any atom is 0.0534 e. The van der Waals surface area contributed by atoms with Gasteiger partial charge in [0.2, 0.25) is 0 Å². The van der Waals surface area contributed by atoms with E-state index >= 15 is 0 Å². The topological polar surface area (TPSA) is 29.9 Å². The van der Waals surface area contributed by atoms with Gasteiger partial charge in [0.1, 0.15) is 0 Å². The van der Waals surface area contributed by atoms with Gasteiger partial charge in [0.25, 0.3) is 0 Å². The summed E-state index contributed by atoms with van der Waals surface area (Å²) in [6, 6.07) is 0.689. The van der Waals surface area contributed by atoms with Crippen molar-refractivity contribution in [3.05, 3.63) is 18.0 Å². The Morgan fingerprint density at radius 3 is 3.00 bits per heavy atom. The van der Waals surface area contributed by atoms with Crippen molar-refractivity contribution in [1.29, 1.82) is 0 Å². The summed E-state index contributed by atoms with van der Waals surface area (Å²) in [5.41, 5.74) is 1.29. The highest BCUT2D eigenvalue weighted by Crippen LogP contribution is 2.28. The molecule has 1 N–H and O–H groups in total. The van der Waals surface area contributed by atoms with Gasteiger partial charge in [0, 0.05) is 36.6 Å². The summed E-state index contributed by atoms with van der Waals surface area (Å²) in [6.07, 6.45) is 9.55. The fourth-order valence-corrected chi connectivity index (χ4v) is 3.78. The second-order valence-corrected chi connectivity index (χ2v) is 6.30. The van der Waals surface area contributed by atoms with Crippen LogP contribution in [0.15, 0.2) is 12.4 Å². The molecular formula is C13H23N3S. The van der Waals surface area contributed by atoms with Crippen molar-refractivity contribution < 1.29 is 0 Å². The average molecular weight is 253 g/mol. The van der Waals surface area contributed by atoms with E-state index < -0.39 is 0 Å². The Labute approximate surface area is 108 Å². The summed E-state index contributed by atoms with van der Waals surface area (Å²) >= 11 is 2.12. The molecule has 17 heavy (non-hydrogen) atoms. The molecule has 1 heterocycles. The Morgan fingerprint density at radius 2 is 2.29 bits per heavy atom. The number of nitrogens with zero attached hydrogens (tertiary/aromatic N) is 2. The fourth-order valence-electron chi connectivity index (χ4n) is 2.56. The van der Waals surface area contributed by atoms with Gasteiger partial charge in [0.15, 0.2) is 0 Å². The SMILES string of the molecule is CCS[C@H]1CCCC[C@H]1NCc1cnn(C)c1. The monoisotopic (exact) mass is 253 g/mol. The van der Waals surface area contributed by atoms with Crippen molar-refractivity contribution in [3.63, 3.8) is 0 Å². The first kappa shape index (κ1) is 13.0. The van der Waals surface area contributed by atoms with Crippen LogP contribution >= 0.6 is 11.8 Å². The Hall–Kier alpha value is -0.480. The second-order valence-electron chi connectivity index (χ2n) is 4.79. The molecule has 3 nitrogen and oxygen atoms in total. The number of hydrogen-bond donors (Lipinski definition) is 1. The summed E-state index contributed by atoms with van der Waals surface area (Å²) in [7, 11) is 1.97. The largest absolute Gasteiger partial charge is 0.309 e. The third kappa shape index (κ3) is 3.75. The van der Waals surface area contributed by atoms with Crippen LogP contribution in [0.25, 0.3) is 0 Å². The number of aromatic nitrogens is 2. The molecule has 1 aromatic rings. The third-order valence-corrected chi connectivity index (χ3v) is 4.74. The molecule has 1 fully saturated rings. The molecule has 2 atom stereocenters. The number of thioether (sulfide) groups is 1. The lowest BCUT2D eigenvalue weighted by Crippen LogP contribution is -2.40. The van der Waals surface area contributed by atoms with Crippen molar-refractivity contribution in [3.8, 4) is 0 Å². The van der Waals surface area contributed by atoms with Crippen molar-refractivity contribution in [2.75, 3.05) is 5.75 Å². The van der Waals surface area contributed by atoms with E-state index in [1.807, 2.05) is 17.9 Å². The number of aryl methyl sites for hydroxylation is 1. The molecule has 96 valence electrons. The molecular weight excluding hydrogens is 230 g/mol. The highest BCUT2D eigenvalue weighted by Gasteiger charge is 2.24. The van der Waals surface area contributed by atoms with Gasteiger partial charge < -0.3 is 5.32 Å². The van der Waals surface area contributed by atoms with Crippen LogP contribution in [-0.4, -0.2) is 26.8 Å². The summed E-state index contributed by atoms with van der Waals surface area (Å²) < 4.78 is 1.87. The zero-order valence-corrected chi connectivity index (χ0v) is 11.7. The van der Waals surface area contributed by atoms with Crippen LogP contribution < -0.4 is 5.32 Å². The number of nitrogens with one attached hydrogen (secondary N) is 1. The standard InChI is InChI=1S/C13H23N3S/c1-3-17-13-7-5-4-6-12(13)14-8-11-9-15-16(2)10-11/h9-10,12-14H,3-8H2,1-2H3/t12-,13+/m1/s1. The van der Waals surface area contributed by atoms with E-state index in [0.717, 1.165) is 11.8 Å². The van der Waals surface area contributed by atoms with Gasteiger partial charge in [0.05, 0.1) is 6.20 Å². The van der Waals surface area contributed by atoms with E-state index in [2.05, 4.69) is 35.3 Å². The Morgan fingerprint density at radius 1 is 1.47 bits per heavy atom. The molecule has 2 rings (SSSR count). The van der Waals surface area contributed by atoms with Crippen LogP contribution in [0.3, 0.4) is 0 Å². The fraction of sp³-hybridized carbons (Fsp3) is 0.769. The van der Waals surface area contributed by atoms with Gasteiger partial charge in [-0.15, -0.1) is 0 Å². The first-order valence-corrected chi connectivity index (χ1v) is 7.67. The van der Waals surface area contributed by atoms with Crippen molar-refractivity contribution in [1.82, 2.24) is 15.1 Å². The summed E-state index contributed by atoms with van der Waals surface area (Å²) in [4.78, 5) is 0. The van der Waals surface area contributed by atoms with Crippen molar-refractivity contribution in [2.45, 2.75) is 50.4 Å². The van der Waals surface area contributed by atoms with E-state index in [1.54, 1.807) is 0 Å². The zero-order chi connectivity index (χ0) is 12.1. The molecule has 1 aromatic heterocycles. The van der Waals surface area contributed by atoms with Gasteiger partial charge in [-0.3, -0.25) is 4.68 Å². The van der Waals surface area contributed by atoms with Gasteiger partial charge in [-0.05, 0) is 18.6 Å². The number of hydrogen-bond acceptors (Lipinski definition) is 3. The summed E-state index contributed by atoms with van der Waals surface area (Å²) in [5, 5.41) is 8.73. The molecule has 4 heteroatoms. The van der Waals surface area contributed by atoms with Crippen LogP contribution in [0.4, 0.5) is 0 Å². The molecule has 0 spiro atoms. The van der Waals surface area contributed by atoms with Crippen LogP contribution in [-0.2, 0) is 13.6 Å². The first-order chi connectivity index (χ1) is 8.29. The number of rotatable bonds is 5. The molecule has 0 aromatic carbocycles. The maximum atomic E-state index is 4.21. The third-order valence-electron chi connectivity index (χ3n) is 3.41. The van der Waals surface area contributed by atoms with Gasteiger partial charge in [-0.25, -0.2) is 0 Å². The van der Waals surface area contributed by atoms with Crippen LogP contribution in [0.2, 0.25) is 0 Å². The van der Waals surface area contributed by atoms with Crippen molar-refractivity contribution >= 4 is 11.8 Å². The van der Waals surface area contributed by atoms with Crippen LogP contribution in [0.5, 0.6) is 0 Å². The lowest BCUT2D eigenvalue weighted by Gasteiger charge is -2.31. The van der Waals surface area contributed by atoms with E-state index in [9.17, 15) is 0 Å². The average Bonchev–Trinajstić information content (AvgIpc) is 2.74. The normalized spacial score (nSPS) is 25.1. The summed E-state index contributed by atoms with van der Waals surface area (Å²) in [6.45, 7) is 3.22. The van der Waals surface area contributed by atoms with Crippen molar-refractivity contribution in [2.24, 2.45) is 7.05 Å². The minimum atomic E-state index is 0.689. The quantitative estimate of drug-likeness (QED) is 0.874. The molecule has 0 saturated heterocycles. The smallest absolute Gasteiger partial charge is 0.0534 e. The highest BCUT2D eigenvalue weighted by molar-refractivity contribution is 7.99. The minimum absolute atomic E-state index is 0.689. The zero-order valence-electron chi connectivity index (χ0n) is 10.9. The van der Waals surface area contributed by atoms with E-state index in [1.165, 1.54) is 37.0 Å². The van der Waals surface area contributed by atoms with Gasteiger partial charge in [-0.1, -0.05) is 19.8 Å². The highest BCUT2D eigenvalue weighted by atomic mass is 32.2. The predicted octanol–water partition coefficient (Wildman–Crippen LogP) is 2.57. The first-order valence-electron chi connectivity index (χ1n) is 6.62. The van der Waals surface area contributed by atoms with Gasteiger partial charge >= 0.3 is 0 Å².